The normalized spacial score (nSPS) is 10.9. The maximum absolute atomic E-state index is 11.7. The maximum Gasteiger partial charge on any atom is 0.252 e. The Labute approximate surface area is 182 Å². The van der Waals surface area contributed by atoms with Gasteiger partial charge in [-0.15, -0.1) is 0 Å². The lowest BCUT2D eigenvalue weighted by Crippen LogP contribution is -2.12. The van der Waals surface area contributed by atoms with Gasteiger partial charge >= 0.3 is 0 Å². The third-order valence-electron chi connectivity index (χ3n) is 4.44. The van der Waals surface area contributed by atoms with E-state index in [-0.39, 0.29) is 5.56 Å². The van der Waals surface area contributed by atoms with Gasteiger partial charge in [0.1, 0.15) is 0 Å². The van der Waals surface area contributed by atoms with Crippen LogP contribution in [-0.2, 0) is 12.8 Å². The van der Waals surface area contributed by atoms with E-state index < -0.39 is 0 Å². The zero-order chi connectivity index (χ0) is 21.9. The van der Waals surface area contributed by atoms with Crippen molar-refractivity contribution < 1.29 is 9.47 Å². The Kier molecular flexibility index (Phi) is 8.22. The summed E-state index contributed by atoms with van der Waals surface area (Å²) in [6.45, 7) is 5.07. The van der Waals surface area contributed by atoms with E-state index in [1.54, 1.807) is 6.21 Å². The molecule has 3 aromatic rings. The highest BCUT2D eigenvalue weighted by molar-refractivity contribution is 5.81. The third kappa shape index (κ3) is 6.99. The summed E-state index contributed by atoms with van der Waals surface area (Å²) in [5.74, 6) is 1.68. The van der Waals surface area contributed by atoms with E-state index >= 15 is 0 Å². The number of benzene rings is 2. The number of ether oxygens (including phenoxy) is 2. The van der Waals surface area contributed by atoms with Crippen LogP contribution in [0.1, 0.15) is 37.1 Å². The van der Waals surface area contributed by atoms with Gasteiger partial charge in [0, 0.05) is 18.2 Å². The van der Waals surface area contributed by atoms with Crippen molar-refractivity contribution in [2.45, 2.75) is 33.1 Å². The second kappa shape index (κ2) is 11.5. The first-order valence-electron chi connectivity index (χ1n) is 10.5. The minimum Gasteiger partial charge on any atom is -0.490 e. The van der Waals surface area contributed by atoms with Crippen LogP contribution in [0.15, 0.2) is 64.5 Å². The fourth-order valence-electron chi connectivity index (χ4n) is 3.03. The molecule has 3 rings (SSSR count). The number of hydrazone groups is 1. The Bertz CT molecular complexity index is 1050. The van der Waals surface area contributed by atoms with Gasteiger partial charge < -0.3 is 9.47 Å². The zero-order valence-corrected chi connectivity index (χ0v) is 17.9. The number of rotatable bonds is 11. The molecule has 1 aromatic heterocycles. The molecule has 0 radical (unpaired) electrons. The van der Waals surface area contributed by atoms with Crippen LogP contribution in [0.3, 0.4) is 0 Å². The molecule has 0 unspecified atom stereocenters. The lowest BCUT2D eigenvalue weighted by molar-refractivity contribution is 0.279. The van der Waals surface area contributed by atoms with Crippen LogP contribution in [-0.4, -0.2) is 29.4 Å². The summed E-state index contributed by atoms with van der Waals surface area (Å²) in [5, 5.41) is 4.18. The summed E-state index contributed by atoms with van der Waals surface area (Å²) in [6.07, 6.45) is 4.12. The Morgan fingerprint density at radius 3 is 2.65 bits per heavy atom. The lowest BCUT2D eigenvalue weighted by atomic mass is 10.2. The van der Waals surface area contributed by atoms with Crippen LogP contribution in [0.25, 0.3) is 0 Å². The van der Waals surface area contributed by atoms with Crippen molar-refractivity contribution in [2.24, 2.45) is 5.10 Å². The van der Waals surface area contributed by atoms with Crippen molar-refractivity contribution in [1.82, 2.24) is 9.97 Å². The number of aryl methyl sites for hydroxylation is 1. The van der Waals surface area contributed by atoms with Crippen molar-refractivity contribution in [3.8, 4) is 11.5 Å². The predicted molar refractivity (Wildman–Crippen MR) is 123 cm³/mol. The molecule has 2 aromatic carbocycles. The summed E-state index contributed by atoms with van der Waals surface area (Å²) >= 11 is 0. The van der Waals surface area contributed by atoms with Crippen LogP contribution in [0, 0.1) is 0 Å². The summed E-state index contributed by atoms with van der Waals surface area (Å²) in [7, 11) is 0. The SMILES string of the molecule is CCCc1cc(=O)[nH]c(N/N=C/c2ccc(OCCc3ccccc3)c(OCC)c2)n1. The van der Waals surface area contributed by atoms with E-state index in [1.165, 1.54) is 11.6 Å². The number of hydrogen-bond acceptors (Lipinski definition) is 6. The third-order valence-corrected chi connectivity index (χ3v) is 4.44. The Balaban J connectivity index is 1.63. The standard InChI is InChI=1S/C24H28N4O3/c1-3-8-20-16-23(29)27-24(26-20)28-25-17-19-11-12-21(22(15-19)30-4-2)31-14-13-18-9-6-5-7-10-18/h5-7,9-12,15-17H,3-4,8,13-14H2,1-2H3,(H2,26,27,28,29)/b25-17+. The number of nitrogens with one attached hydrogen (secondary N) is 2. The Morgan fingerprint density at radius 2 is 1.87 bits per heavy atom. The largest absolute Gasteiger partial charge is 0.490 e. The first-order valence-corrected chi connectivity index (χ1v) is 10.5. The number of nitrogens with zero attached hydrogens (tertiary/aromatic N) is 2. The van der Waals surface area contributed by atoms with E-state index in [2.05, 4.69) is 32.6 Å². The first kappa shape index (κ1) is 22.1. The molecule has 162 valence electrons. The molecule has 7 heteroatoms. The zero-order valence-electron chi connectivity index (χ0n) is 17.9. The number of aromatic nitrogens is 2. The van der Waals surface area contributed by atoms with E-state index in [0.29, 0.717) is 30.7 Å². The average molecular weight is 421 g/mol. The second-order valence-corrected chi connectivity index (χ2v) is 6.93. The fraction of sp³-hybridized carbons (Fsp3) is 0.292. The summed E-state index contributed by atoms with van der Waals surface area (Å²) in [4.78, 5) is 18.7. The van der Waals surface area contributed by atoms with Gasteiger partial charge in [0.05, 0.1) is 19.4 Å². The van der Waals surface area contributed by atoms with Crippen LogP contribution < -0.4 is 20.5 Å². The minimum absolute atomic E-state index is 0.202. The minimum atomic E-state index is -0.202. The van der Waals surface area contributed by atoms with Gasteiger partial charge in [0.2, 0.25) is 5.95 Å². The molecule has 0 atom stereocenters. The van der Waals surface area contributed by atoms with Crippen molar-refractivity contribution in [3.63, 3.8) is 0 Å². The van der Waals surface area contributed by atoms with Crippen LogP contribution in [0.4, 0.5) is 5.95 Å². The molecule has 0 saturated carbocycles. The van der Waals surface area contributed by atoms with Gasteiger partial charge in [-0.3, -0.25) is 9.78 Å². The quantitative estimate of drug-likeness (QED) is 0.359. The van der Waals surface area contributed by atoms with Crippen molar-refractivity contribution in [2.75, 3.05) is 18.6 Å². The smallest absolute Gasteiger partial charge is 0.252 e. The molecule has 0 aliphatic rings. The molecule has 1 heterocycles. The van der Waals surface area contributed by atoms with Gasteiger partial charge in [-0.1, -0.05) is 43.7 Å². The second-order valence-electron chi connectivity index (χ2n) is 6.93. The van der Waals surface area contributed by atoms with Crippen molar-refractivity contribution >= 4 is 12.2 Å². The molecule has 2 N–H and O–H groups in total. The van der Waals surface area contributed by atoms with E-state index in [9.17, 15) is 4.79 Å². The first-order chi connectivity index (χ1) is 15.2. The molecule has 0 aliphatic carbocycles. The molecule has 0 saturated heterocycles. The highest BCUT2D eigenvalue weighted by atomic mass is 16.5. The molecule has 0 aliphatic heterocycles. The van der Waals surface area contributed by atoms with Crippen LogP contribution in [0.5, 0.6) is 11.5 Å². The van der Waals surface area contributed by atoms with Crippen LogP contribution >= 0.6 is 0 Å². The van der Waals surface area contributed by atoms with Gasteiger partial charge in [-0.2, -0.15) is 5.10 Å². The van der Waals surface area contributed by atoms with E-state index in [0.717, 1.165) is 30.5 Å². The Hall–Kier alpha value is -3.61. The molecule has 31 heavy (non-hydrogen) atoms. The molecular weight excluding hydrogens is 392 g/mol. The number of aromatic amines is 1. The molecule has 0 fully saturated rings. The number of H-pyrrole nitrogens is 1. The number of anilines is 1. The summed E-state index contributed by atoms with van der Waals surface area (Å²) in [6, 6.07) is 17.4. The number of hydrogen-bond donors (Lipinski definition) is 2. The summed E-state index contributed by atoms with van der Waals surface area (Å²) in [5.41, 5.74) is 5.37. The van der Waals surface area contributed by atoms with Gasteiger partial charge in [0.15, 0.2) is 11.5 Å². The fourth-order valence-corrected chi connectivity index (χ4v) is 3.03. The predicted octanol–water partition coefficient (Wildman–Crippen LogP) is 4.19. The topological polar surface area (TPSA) is 88.6 Å². The van der Waals surface area contributed by atoms with E-state index in [4.69, 9.17) is 9.47 Å². The lowest BCUT2D eigenvalue weighted by Gasteiger charge is -2.12. The molecule has 0 amide bonds. The highest BCUT2D eigenvalue weighted by Crippen LogP contribution is 2.28. The van der Waals surface area contributed by atoms with E-state index in [1.807, 2.05) is 50.2 Å². The van der Waals surface area contributed by atoms with Gasteiger partial charge in [-0.25, -0.2) is 10.4 Å². The average Bonchev–Trinajstić information content (AvgIpc) is 2.76. The molecule has 0 bridgehead atoms. The molecule has 7 nitrogen and oxygen atoms in total. The maximum atomic E-state index is 11.7. The Morgan fingerprint density at radius 1 is 1.03 bits per heavy atom. The molecular formula is C24H28N4O3. The van der Waals surface area contributed by atoms with Gasteiger partial charge in [0.25, 0.3) is 5.56 Å². The monoisotopic (exact) mass is 420 g/mol. The van der Waals surface area contributed by atoms with Crippen molar-refractivity contribution in [3.05, 3.63) is 81.8 Å². The van der Waals surface area contributed by atoms with Crippen LogP contribution in [0.2, 0.25) is 0 Å². The van der Waals surface area contributed by atoms with Gasteiger partial charge in [-0.05, 0) is 42.7 Å². The molecule has 0 spiro atoms. The summed E-state index contributed by atoms with van der Waals surface area (Å²) < 4.78 is 11.7. The highest BCUT2D eigenvalue weighted by Gasteiger charge is 2.06. The van der Waals surface area contributed by atoms with Crippen molar-refractivity contribution in [1.29, 1.82) is 0 Å².